The number of halogens is 2. The predicted octanol–water partition coefficient (Wildman–Crippen LogP) is 4.27. The predicted molar refractivity (Wildman–Crippen MR) is 99.9 cm³/mol. The van der Waals surface area contributed by atoms with Gasteiger partial charge in [-0.2, -0.15) is 0 Å². The average Bonchev–Trinajstić information content (AvgIpc) is 2.56. The first-order valence-corrected chi connectivity index (χ1v) is 10.2. The van der Waals surface area contributed by atoms with Crippen LogP contribution >= 0.6 is 30.8 Å². The van der Waals surface area contributed by atoms with Gasteiger partial charge in [-0.25, -0.2) is 9.59 Å². The number of carbonyl (C=O) groups is 2. The minimum Gasteiger partial charge on any atom is -0.464 e. The smallest absolute Gasteiger partial charge is 0.364 e. The first-order chi connectivity index (χ1) is 12.3. The lowest BCUT2D eigenvalue weighted by Gasteiger charge is -2.25. The van der Waals surface area contributed by atoms with Crippen LogP contribution in [0.4, 0.5) is 10.5 Å². The second-order valence-electron chi connectivity index (χ2n) is 4.76. The van der Waals surface area contributed by atoms with Gasteiger partial charge in [-0.15, -0.1) is 0 Å². The normalized spacial score (nSPS) is 12.3. The molecule has 0 radical (unpaired) electrons. The Labute approximate surface area is 162 Å². The van der Waals surface area contributed by atoms with Gasteiger partial charge in [-0.3, -0.25) is 4.57 Å². The molecule has 1 aromatic rings. The van der Waals surface area contributed by atoms with Gasteiger partial charge >= 0.3 is 19.6 Å². The zero-order valence-corrected chi connectivity index (χ0v) is 17.0. The van der Waals surface area contributed by atoms with Gasteiger partial charge in [-0.1, -0.05) is 23.2 Å². The van der Waals surface area contributed by atoms with Gasteiger partial charge in [0.05, 0.1) is 29.9 Å². The number of carbonyl (C=O) groups excluding carboxylic acids is 2. The topological polar surface area (TPSA) is 103 Å². The summed E-state index contributed by atoms with van der Waals surface area (Å²) in [6.45, 7) is 4.82. The van der Waals surface area contributed by atoms with E-state index in [0.717, 1.165) is 0 Å². The van der Waals surface area contributed by atoms with Crippen molar-refractivity contribution in [2.75, 3.05) is 25.1 Å². The monoisotopic (exact) mass is 426 g/mol. The Balaban J connectivity index is 2.99. The van der Waals surface area contributed by atoms with Crippen molar-refractivity contribution in [1.29, 1.82) is 0 Å². The van der Waals surface area contributed by atoms with Crippen LogP contribution in [0.15, 0.2) is 18.2 Å². The van der Waals surface area contributed by atoms with Crippen LogP contribution in [0.1, 0.15) is 20.8 Å². The Morgan fingerprint density at radius 2 is 1.69 bits per heavy atom. The molecule has 0 bridgehead atoms. The molecular formula is C15H21Cl2N2O6P. The number of ether oxygens (including phenoxy) is 1. The fourth-order valence-electron chi connectivity index (χ4n) is 1.90. The van der Waals surface area contributed by atoms with Crippen LogP contribution in [0.3, 0.4) is 0 Å². The van der Waals surface area contributed by atoms with Crippen LogP contribution in [0.2, 0.25) is 10.0 Å². The molecule has 8 nitrogen and oxygen atoms in total. The molecule has 11 heteroatoms. The molecule has 0 aliphatic heterocycles. The maximum absolute atomic E-state index is 12.9. The van der Waals surface area contributed by atoms with Crippen LogP contribution in [-0.4, -0.2) is 37.6 Å². The Bertz CT molecular complexity index is 678. The molecule has 0 aromatic heterocycles. The zero-order chi connectivity index (χ0) is 19.7. The first-order valence-electron chi connectivity index (χ1n) is 7.85. The van der Waals surface area contributed by atoms with Crippen molar-refractivity contribution in [3.05, 3.63) is 28.2 Å². The molecule has 0 saturated carbocycles. The van der Waals surface area contributed by atoms with Gasteiger partial charge in [0, 0.05) is 5.69 Å². The van der Waals surface area contributed by atoms with E-state index in [2.05, 4.69) is 10.6 Å². The summed E-state index contributed by atoms with van der Waals surface area (Å²) in [4.78, 5) is 24.4. The second-order valence-corrected chi connectivity index (χ2v) is 7.68. The van der Waals surface area contributed by atoms with Crippen molar-refractivity contribution >= 4 is 48.5 Å². The largest absolute Gasteiger partial charge is 0.464 e. The fourth-order valence-corrected chi connectivity index (χ4v) is 3.90. The molecule has 0 aliphatic rings. The Morgan fingerprint density at radius 1 is 1.08 bits per heavy atom. The number of hydrogen-bond donors (Lipinski definition) is 2. The number of rotatable bonds is 9. The fraction of sp³-hybridized carbons (Fsp3) is 0.467. The number of benzene rings is 1. The van der Waals surface area contributed by atoms with Crippen LogP contribution in [0, 0.1) is 0 Å². The van der Waals surface area contributed by atoms with E-state index < -0.39 is 25.4 Å². The van der Waals surface area contributed by atoms with E-state index in [-0.39, 0.29) is 24.8 Å². The summed E-state index contributed by atoms with van der Waals surface area (Å²) in [6.07, 6.45) is 0. The number of urea groups is 1. The van der Waals surface area contributed by atoms with Gasteiger partial charge in [-0.05, 0) is 39.0 Å². The van der Waals surface area contributed by atoms with Gasteiger partial charge in [0.15, 0.2) is 0 Å². The van der Waals surface area contributed by atoms with Crippen molar-refractivity contribution in [2.24, 2.45) is 0 Å². The number of nitrogens with one attached hydrogen (secondary N) is 2. The standard InChI is InChI=1S/C15H21Cl2N2O6P/c1-4-23-14(20)13(26(22,24-5-2)25-6-3)19-15(21)18-10-7-8-11(16)12(17)9-10/h7-9,13H,4-6H2,1-3H3,(H2,18,19,21). The minimum atomic E-state index is -3.98. The molecule has 0 spiro atoms. The third-order valence-electron chi connectivity index (χ3n) is 2.89. The summed E-state index contributed by atoms with van der Waals surface area (Å²) >= 11 is 11.7. The zero-order valence-electron chi connectivity index (χ0n) is 14.6. The van der Waals surface area contributed by atoms with Gasteiger partial charge in [0.2, 0.25) is 5.78 Å². The highest BCUT2D eigenvalue weighted by atomic mass is 35.5. The summed E-state index contributed by atoms with van der Waals surface area (Å²) in [5, 5.41) is 5.30. The van der Waals surface area contributed by atoms with E-state index in [1.807, 2.05) is 0 Å². The number of amides is 2. The second kappa shape index (κ2) is 10.7. The molecule has 26 heavy (non-hydrogen) atoms. The van der Waals surface area contributed by atoms with E-state index in [4.69, 9.17) is 37.0 Å². The molecule has 0 heterocycles. The average molecular weight is 427 g/mol. The van der Waals surface area contributed by atoms with Gasteiger partial charge < -0.3 is 24.4 Å². The van der Waals surface area contributed by atoms with E-state index in [0.29, 0.717) is 10.7 Å². The van der Waals surface area contributed by atoms with E-state index >= 15 is 0 Å². The Morgan fingerprint density at radius 3 is 2.19 bits per heavy atom. The van der Waals surface area contributed by atoms with Crippen molar-refractivity contribution in [3.63, 3.8) is 0 Å². The third kappa shape index (κ3) is 6.45. The van der Waals surface area contributed by atoms with Gasteiger partial charge in [0.25, 0.3) is 0 Å². The summed E-state index contributed by atoms with van der Waals surface area (Å²) in [6, 6.07) is 3.61. The van der Waals surface area contributed by atoms with Crippen LogP contribution < -0.4 is 10.6 Å². The van der Waals surface area contributed by atoms with E-state index in [1.54, 1.807) is 20.8 Å². The molecule has 1 rings (SSSR count). The molecule has 0 fully saturated rings. The minimum absolute atomic E-state index is 0.0171. The Kier molecular flexibility index (Phi) is 9.39. The molecule has 2 N–H and O–H groups in total. The quantitative estimate of drug-likeness (QED) is 0.451. The summed E-state index contributed by atoms with van der Waals surface area (Å²) in [7, 11) is -3.98. The molecule has 1 unspecified atom stereocenters. The highest BCUT2D eigenvalue weighted by Gasteiger charge is 2.43. The maximum Gasteiger partial charge on any atom is 0.364 e. The lowest BCUT2D eigenvalue weighted by molar-refractivity contribution is -0.143. The molecule has 0 aliphatic carbocycles. The third-order valence-corrected chi connectivity index (χ3v) is 5.84. The molecule has 1 aromatic carbocycles. The van der Waals surface area contributed by atoms with Crippen molar-refractivity contribution in [3.8, 4) is 0 Å². The lowest BCUT2D eigenvalue weighted by Crippen LogP contribution is -2.44. The van der Waals surface area contributed by atoms with E-state index in [9.17, 15) is 14.2 Å². The summed E-state index contributed by atoms with van der Waals surface area (Å²) in [5.41, 5.74) is 0.321. The van der Waals surface area contributed by atoms with Crippen LogP contribution in [-0.2, 0) is 23.1 Å². The van der Waals surface area contributed by atoms with Gasteiger partial charge in [0.1, 0.15) is 0 Å². The lowest BCUT2D eigenvalue weighted by atomic mass is 10.3. The number of hydrogen-bond acceptors (Lipinski definition) is 6. The number of anilines is 1. The summed E-state index contributed by atoms with van der Waals surface area (Å²) in [5.74, 6) is -2.55. The molecular weight excluding hydrogens is 406 g/mol. The number of esters is 1. The maximum atomic E-state index is 12.9. The highest BCUT2D eigenvalue weighted by molar-refractivity contribution is 7.55. The van der Waals surface area contributed by atoms with Crippen molar-refractivity contribution < 1.29 is 27.9 Å². The molecule has 1 atom stereocenters. The van der Waals surface area contributed by atoms with Crippen LogP contribution in [0.25, 0.3) is 0 Å². The van der Waals surface area contributed by atoms with E-state index in [1.165, 1.54) is 18.2 Å². The van der Waals surface area contributed by atoms with Crippen molar-refractivity contribution in [2.45, 2.75) is 26.6 Å². The molecule has 2 amide bonds. The van der Waals surface area contributed by atoms with Crippen molar-refractivity contribution in [1.82, 2.24) is 5.32 Å². The Hall–Kier alpha value is -1.31. The molecule has 146 valence electrons. The van der Waals surface area contributed by atoms with Crippen LogP contribution in [0.5, 0.6) is 0 Å². The SMILES string of the molecule is CCOC(=O)C(NC(=O)Nc1ccc(Cl)c(Cl)c1)P(=O)(OCC)OCC. The summed E-state index contributed by atoms with van der Waals surface area (Å²) < 4.78 is 28.0. The first kappa shape index (κ1) is 22.7. The molecule has 0 saturated heterocycles. The highest BCUT2D eigenvalue weighted by Crippen LogP contribution is 2.52.